The quantitative estimate of drug-likeness (QED) is 0.178. The zero-order valence-corrected chi connectivity index (χ0v) is 27.8. The van der Waals surface area contributed by atoms with Crippen molar-refractivity contribution in [2.24, 2.45) is 0 Å². The van der Waals surface area contributed by atoms with Gasteiger partial charge in [0, 0.05) is 38.5 Å². The highest BCUT2D eigenvalue weighted by Gasteiger charge is 2.22. The van der Waals surface area contributed by atoms with Gasteiger partial charge in [-0.3, -0.25) is 0 Å². The lowest BCUT2D eigenvalue weighted by atomic mass is 10.0. The van der Waals surface area contributed by atoms with Gasteiger partial charge in [-0.05, 0) is 71.3 Å². The Balaban J connectivity index is 1.14. The van der Waals surface area contributed by atoms with Crippen molar-refractivity contribution in [2.75, 3.05) is 4.90 Å². The number of para-hydroxylation sites is 5. The molecule has 0 saturated carbocycles. The van der Waals surface area contributed by atoms with E-state index in [2.05, 4.69) is 191 Å². The number of furan rings is 1. The highest BCUT2D eigenvalue weighted by atomic mass is 16.3. The summed E-state index contributed by atoms with van der Waals surface area (Å²) in [6.07, 6.45) is 0. The van der Waals surface area contributed by atoms with Crippen LogP contribution in [0.25, 0.3) is 71.7 Å². The van der Waals surface area contributed by atoms with Crippen molar-refractivity contribution in [3.63, 3.8) is 0 Å². The van der Waals surface area contributed by atoms with E-state index in [1.807, 2.05) is 12.1 Å². The van der Waals surface area contributed by atoms with E-state index in [1.165, 1.54) is 32.9 Å². The standard InChI is InChI=1S/C48H32N2O/c1-2-13-33(14-3-1)34-25-29-37(30-26-34)50(46-23-12-19-42-41-18-7-11-24-47(41)51-48(42)46)43-20-8-4-15-38(43)35-27-31-36(32-28-35)49-44-21-9-5-16-39(44)40-17-6-10-22-45(40)49/h1-32H. The van der Waals surface area contributed by atoms with Crippen LogP contribution in [0.4, 0.5) is 17.1 Å². The Morgan fingerprint density at radius 1 is 0.373 bits per heavy atom. The number of anilines is 3. The second-order valence-corrected chi connectivity index (χ2v) is 12.9. The number of nitrogens with zero attached hydrogens (tertiary/aromatic N) is 2. The summed E-state index contributed by atoms with van der Waals surface area (Å²) in [6, 6.07) is 69.1. The Morgan fingerprint density at radius 2 is 0.922 bits per heavy atom. The monoisotopic (exact) mass is 652 g/mol. The smallest absolute Gasteiger partial charge is 0.159 e. The van der Waals surface area contributed by atoms with Gasteiger partial charge in [-0.15, -0.1) is 0 Å². The molecule has 10 rings (SSSR count). The van der Waals surface area contributed by atoms with Gasteiger partial charge in [-0.1, -0.05) is 140 Å². The zero-order chi connectivity index (χ0) is 33.7. The highest BCUT2D eigenvalue weighted by molar-refractivity contribution is 6.11. The Morgan fingerprint density at radius 3 is 1.67 bits per heavy atom. The Kier molecular flexibility index (Phi) is 6.81. The van der Waals surface area contributed by atoms with E-state index in [4.69, 9.17) is 4.42 Å². The third-order valence-electron chi connectivity index (χ3n) is 10.0. The molecule has 8 aromatic carbocycles. The summed E-state index contributed by atoms with van der Waals surface area (Å²) in [5.74, 6) is 0. The molecule has 2 aromatic heterocycles. The van der Waals surface area contributed by atoms with Crippen LogP contribution in [0, 0.1) is 0 Å². The van der Waals surface area contributed by atoms with Gasteiger partial charge in [0.05, 0.1) is 22.4 Å². The topological polar surface area (TPSA) is 21.3 Å². The summed E-state index contributed by atoms with van der Waals surface area (Å²) in [6.45, 7) is 0. The molecule has 0 N–H and O–H groups in total. The van der Waals surface area contributed by atoms with Gasteiger partial charge in [-0.25, -0.2) is 0 Å². The molecule has 0 unspecified atom stereocenters. The lowest BCUT2D eigenvalue weighted by molar-refractivity contribution is 0.669. The molecule has 0 aliphatic heterocycles. The fourth-order valence-electron chi connectivity index (χ4n) is 7.65. The molecule has 3 nitrogen and oxygen atoms in total. The van der Waals surface area contributed by atoms with Gasteiger partial charge >= 0.3 is 0 Å². The van der Waals surface area contributed by atoms with Crippen molar-refractivity contribution < 1.29 is 4.42 Å². The second kappa shape index (κ2) is 11.9. The van der Waals surface area contributed by atoms with Gasteiger partial charge in [0.15, 0.2) is 5.58 Å². The summed E-state index contributed by atoms with van der Waals surface area (Å²) in [7, 11) is 0. The minimum Gasteiger partial charge on any atom is -0.454 e. The Hall–Kier alpha value is -6.84. The van der Waals surface area contributed by atoms with Gasteiger partial charge in [0.1, 0.15) is 5.58 Å². The largest absolute Gasteiger partial charge is 0.454 e. The van der Waals surface area contributed by atoms with Crippen LogP contribution in [0.1, 0.15) is 0 Å². The van der Waals surface area contributed by atoms with Crippen molar-refractivity contribution in [1.82, 2.24) is 4.57 Å². The van der Waals surface area contributed by atoms with Crippen LogP contribution < -0.4 is 4.90 Å². The van der Waals surface area contributed by atoms with Crippen molar-refractivity contribution in [2.45, 2.75) is 0 Å². The Labute approximate surface area is 295 Å². The molecule has 0 radical (unpaired) electrons. The van der Waals surface area contributed by atoms with E-state index >= 15 is 0 Å². The average Bonchev–Trinajstić information content (AvgIpc) is 3.76. The molecule has 3 heteroatoms. The molecule has 0 saturated heterocycles. The van der Waals surface area contributed by atoms with E-state index in [1.54, 1.807) is 0 Å². The summed E-state index contributed by atoms with van der Waals surface area (Å²) < 4.78 is 8.99. The predicted octanol–water partition coefficient (Wildman–Crippen LogP) is 13.5. The first-order valence-electron chi connectivity index (χ1n) is 17.4. The van der Waals surface area contributed by atoms with Crippen molar-refractivity contribution >= 4 is 60.8 Å². The van der Waals surface area contributed by atoms with E-state index in [9.17, 15) is 0 Å². The van der Waals surface area contributed by atoms with Crippen LogP contribution in [-0.2, 0) is 0 Å². The van der Waals surface area contributed by atoms with Crippen molar-refractivity contribution in [3.8, 4) is 27.9 Å². The molecule has 2 heterocycles. The molecule has 0 aliphatic rings. The molecular formula is C48H32N2O. The maximum atomic E-state index is 6.63. The fourth-order valence-corrected chi connectivity index (χ4v) is 7.65. The summed E-state index contributed by atoms with van der Waals surface area (Å²) in [5.41, 5.74) is 13.0. The molecule has 0 spiro atoms. The molecule has 0 fully saturated rings. The van der Waals surface area contributed by atoms with Crippen LogP contribution >= 0.6 is 0 Å². The lowest BCUT2D eigenvalue weighted by Gasteiger charge is -2.28. The fraction of sp³-hybridized carbons (Fsp3) is 0. The first-order chi connectivity index (χ1) is 25.3. The van der Waals surface area contributed by atoms with E-state index in [-0.39, 0.29) is 0 Å². The second-order valence-electron chi connectivity index (χ2n) is 12.9. The molecule has 240 valence electrons. The van der Waals surface area contributed by atoms with E-state index in [0.717, 1.165) is 55.8 Å². The minimum absolute atomic E-state index is 0.863. The molecule has 0 amide bonds. The number of rotatable bonds is 6. The molecule has 51 heavy (non-hydrogen) atoms. The van der Waals surface area contributed by atoms with Gasteiger partial charge < -0.3 is 13.9 Å². The lowest BCUT2D eigenvalue weighted by Crippen LogP contribution is -2.11. The van der Waals surface area contributed by atoms with Crippen LogP contribution in [0.15, 0.2) is 199 Å². The van der Waals surface area contributed by atoms with Crippen molar-refractivity contribution in [1.29, 1.82) is 0 Å². The van der Waals surface area contributed by atoms with Crippen LogP contribution in [0.5, 0.6) is 0 Å². The third-order valence-corrected chi connectivity index (χ3v) is 10.0. The molecule has 0 bridgehead atoms. The molecular weight excluding hydrogens is 621 g/mol. The number of fused-ring (bicyclic) bond motifs is 6. The summed E-state index contributed by atoms with van der Waals surface area (Å²) in [5, 5.41) is 4.73. The molecule has 0 aliphatic carbocycles. The van der Waals surface area contributed by atoms with Crippen LogP contribution in [-0.4, -0.2) is 4.57 Å². The maximum Gasteiger partial charge on any atom is 0.159 e. The summed E-state index contributed by atoms with van der Waals surface area (Å²) in [4.78, 5) is 2.34. The SMILES string of the molecule is c1ccc(-c2ccc(N(c3ccccc3-c3ccc(-n4c5ccccc5c5ccccc54)cc3)c3cccc4c3oc3ccccc34)cc2)cc1. The first-order valence-corrected chi connectivity index (χ1v) is 17.4. The normalized spacial score (nSPS) is 11.5. The van der Waals surface area contributed by atoms with Gasteiger partial charge in [0.2, 0.25) is 0 Å². The number of hydrogen-bond donors (Lipinski definition) is 0. The Bertz CT molecular complexity index is 2790. The summed E-state index contributed by atoms with van der Waals surface area (Å²) >= 11 is 0. The van der Waals surface area contributed by atoms with Crippen LogP contribution in [0.3, 0.4) is 0 Å². The first kappa shape index (κ1) is 29.1. The van der Waals surface area contributed by atoms with Crippen molar-refractivity contribution in [3.05, 3.63) is 194 Å². The van der Waals surface area contributed by atoms with E-state index < -0.39 is 0 Å². The van der Waals surface area contributed by atoms with Crippen LogP contribution in [0.2, 0.25) is 0 Å². The number of hydrogen-bond acceptors (Lipinski definition) is 2. The van der Waals surface area contributed by atoms with E-state index in [0.29, 0.717) is 0 Å². The highest BCUT2D eigenvalue weighted by Crippen LogP contribution is 2.45. The predicted molar refractivity (Wildman–Crippen MR) is 214 cm³/mol. The molecule has 10 aromatic rings. The average molecular weight is 653 g/mol. The number of benzene rings is 8. The maximum absolute atomic E-state index is 6.63. The van der Waals surface area contributed by atoms with Gasteiger partial charge in [0.25, 0.3) is 0 Å². The number of aromatic nitrogens is 1. The minimum atomic E-state index is 0.863. The third kappa shape index (κ3) is 4.82. The molecule has 0 atom stereocenters. The van der Waals surface area contributed by atoms with Gasteiger partial charge in [-0.2, -0.15) is 0 Å². The zero-order valence-electron chi connectivity index (χ0n) is 27.8.